The maximum Gasteiger partial charge on any atom is 0.0594 e. The van der Waals surface area contributed by atoms with Crippen LogP contribution in [0.1, 0.15) is 26.7 Å². The van der Waals surface area contributed by atoms with Crippen molar-refractivity contribution in [1.82, 2.24) is 5.32 Å². The van der Waals surface area contributed by atoms with Crippen molar-refractivity contribution in [2.24, 2.45) is 5.73 Å². The highest BCUT2D eigenvalue weighted by Gasteiger charge is 2.24. The van der Waals surface area contributed by atoms with E-state index < -0.39 is 0 Å². The summed E-state index contributed by atoms with van der Waals surface area (Å²) < 4.78 is 5.39. The topological polar surface area (TPSA) is 47.3 Å². The van der Waals surface area contributed by atoms with Gasteiger partial charge in [-0.1, -0.05) is 0 Å². The van der Waals surface area contributed by atoms with Crippen LogP contribution in [0.25, 0.3) is 0 Å². The van der Waals surface area contributed by atoms with Crippen LogP contribution >= 0.6 is 0 Å². The molecule has 1 aliphatic carbocycles. The number of nitrogens with two attached hydrogens (primary N) is 1. The third-order valence-corrected chi connectivity index (χ3v) is 2.16. The van der Waals surface area contributed by atoms with Gasteiger partial charge < -0.3 is 15.8 Å². The lowest BCUT2D eigenvalue weighted by molar-refractivity contribution is 0.0768. The van der Waals surface area contributed by atoms with Gasteiger partial charge in [-0.05, 0) is 26.7 Å². The summed E-state index contributed by atoms with van der Waals surface area (Å²) in [5, 5.41) is 3.40. The van der Waals surface area contributed by atoms with Crippen LogP contribution in [0, 0.1) is 0 Å². The third kappa shape index (κ3) is 3.52. The van der Waals surface area contributed by atoms with Crippen molar-refractivity contribution in [1.29, 1.82) is 0 Å². The van der Waals surface area contributed by atoms with Crippen LogP contribution in [0.2, 0.25) is 0 Å². The van der Waals surface area contributed by atoms with E-state index in [1.807, 2.05) is 0 Å². The molecule has 12 heavy (non-hydrogen) atoms. The summed E-state index contributed by atoms with van der Waals surface area (Å²) >= 11 is 0. The standard InChI is InChI=1S/C9H20N2O/c1-7(2)12-4-3-11-9-5-8(10)6-9/h7-9,11H,3-6,10H2,1-2H3. The first kappa shape index (κ1) is 9.96. The second kappa shape index (κ2) is 4.80. The number of hydrogen-bond donors (Lipinski definition) is 2. The van der Waals surface area contributed by atoms with E-state index >= 15 is 0 Å². The van der Waals surface area contributed by atoms with Gasteiger partial charge in [0.25, 0.3) is 0 Å². The minimum absolute atomic E-state index is 0.343. The summed E-state index contributed by atoms with van der Waals surface area (Å²) in [4.78, 5) is 0. The van der Waals surface area contributed by atoms with Crippen molar-refractivity contribution in [3.05, 3.63) is 0 Å². The molecule has 72 valence electrons. The summed E-state index contributed by atoms with van der Waals surface area (Å²) in [6, 6.07) is 1.09. The van der Waals surface area contributed by atoms with Gasteiger partial charge in [-0.2, -0.15) is 0 Å². The maximum atomic E-state index is 5.65. The first-order valence-corrected chi connectivity index (χ1v) is 4.79. The van der Waals surface area contributed by atoms with E-state index in [9.17, 15) is 0 Å². The van der Waals surface area contributed by atoms with Gasteiger partial charge in [0.15, 0.2) is 0 Å². The Labute approximate surface area is 74.7 Å². The van der Waals surface area contributed by atoms with Crippen molar-refractivity contribution in [3.63, 3.8) is 0 Å². The van der Waals surface area contributed by atoms with Gasteiger partial charge in [0, 0.05) is 18.6 Å². The van der Waals surface area contributed by atoms with Crippen LogP contribution < -0.4 is 11.1 Å². The first-order chi connectivity index (χ1) is 5.68. The van der Waals surface area contributed by atoms with E-state index in [0.29, 0.717) is 18.2 Å². The Morgan fingerprint density at radius 3 is 2.67 bits per heavy atom. The maximum absolute atomic E-state index is 5.65. The lowest BCUT2D eigenvalue weighted by atomic mass is 9.88. The minimum atomic E-state index is 0.343. The van der Waals surface area contributed by atoms with Crippen molar-refractivity contribution in [2.75, 3.05) is 13.2 Å². The molecule has 1 saturated carbocycles. The van der Waals surface area contributed by atoms with E-state index in [2.05, 4.69) is 19.2 Å². The fraction of sp³-hybridized carbons (Fsp3) is 1.00. The molecule has 0 saturated heterocycles. The summed E-state index contributed by atoms with van der Waals surface area (Å²) in [7, 11) is 0. The Bertz CT molecular complexity index is 122. The highest BCUT2D eigenvalue weighted by molar-refractivity contribution is 4.87. The van der Waals surface area contributed by atoms with Crippen molar-refractivity contribution in [3.8, 4) is 0 Å². The van der Waals surface area contributed by atoms with Crippen LogP contribution in [0.5, 0.6) is 0 Å². The quantitative estimate of drug-likeness (QED) is 0.593. The molecule has 0 aliphatic heterocycles. The highest BCUT2D eigenvalue weighted by atomic mass is 16.5. The van der Waals surface area contributed by atoms with Crippen LogP contribution in [0.3, 0.4) is 0 Å². The zero-order valence-electron chi connectivity index (χ0n) is 8.05. The van der Waals surface area contributed by atoms with Gasteiger partial charge >= 0.3 is 0 Å². The summed E-state index contributed by atoms with van der Waals surface area (Å²) in [5.74, 6) is 0. The summed E-state index contributed by atoms with van der Waals surface area (Å²) in [6.07, 6.45) is 2.60. The number of ether oxygens (including phenoxy) is 1. The SMILES string of the molecule is CC(C)OCCNC1CC(N)C1. The largest absolute Gasteiger partial charge is 0.377 e. The number of hydrogen-bond acceptors (Lipinski definition) is 3. The summed E-state index contributed by atoms with van der Waals surface area (Å²) in [6.45, 7) is 5.87. The third-order valence-electron chi connectivity index (χ3n) is 2.16. The molecule has 0 aromatic rings. The Morgan fingerprint density at radius 2 is 2.17 bits per heavy atom. The van der Waals surface area contributed by atoms with Gasteiger partial charge in [-0.3, -0.25) is 0 Å². The lowest BCUT2D eigenvalue weighted by Crippen LogP contribution is -2.49. The Kier molecular flexibility index (Phi) is 3.98. The molecule has 1 aliphatic rings. The van der Waals surface area contributed by atoms with E-state index in [-0.39, 0.29) is 0 Å². The second-order valence-corrected chi connectivity index (χ2v) is 3.80. The molecule has 1 rings (SSSR count). The number of rotatable bonds is 5. The molecule has 0 aromatic carbocycles. The lowest BCUT2D eigenvalue weighted by Gasteiger charge is -2.33. The molecule has 0 unspecified atom stereocenters. The molecule has 3 heteroatoms. The van der Waals surface area contributed by atoms with Gasteiger partial charge in [-0.15, -0.1) is 0 Å². The van der Waals surface area contributed by atoms with E-state index in [0.717, 1.165) is 26.0 Å². The van der Waals surface area contributed by atoms with E-state index in [1.54, 1.807) is 0 Å². The van der Waals surface area contributed by atoms with Gasteiger partial charge in [-0.25, -0.2) is 0 Å². The van der Waals surface area contributed by atoms with Crippen molar-refractivity contribution >= 4 is 0 Å². The molecule has 0 heterocycles. The van der Waals surface area contributed by atoms with Crippen LogP contribution in [0.4, 0.5) is 0 Å². The van der Waals surface area contributed by atoms with Gasteiger partial charge in [0.2, 0.25) is 0 Å². The Hall–Kier alpha value is -0.120. The molecule has 1 fully saturated rings. The zero-order chi connectivity index (χ0) is 8.97. The average Bonchev–Trinajstić information content (AvgIpc) is 1.93. The number of nitrogens with one attached hydrogen (secondary N) is 1. The molecule has 3 nitrogen and oxygen atoms in total. The van der Waals surface area contributed by atoms with Crippen LogP contribution in [0.15, 0.2) is 0 Å². The normalized spacial score (nSPS) is 29.0. The Morgan fingerprint density at radius 1 is 1.50 bits per heavy atom. The van der Waals surface area contributed by atoms with Crippen LogP contribution in [-0.4, -0.2) is 31.3 Å². The second-order valence-electron chi connectivity index (χ2n) is 3.80. The molecule has 0 radical (unpaired) electrons. The van der Waals surface area contributed by atoms with E-state index in [1.165, 1.54) is 0 Å². The van der Waals surface area contributed by atoms with E-state index in [4.69, 9.17) is 10.5 Å². The monoisotopic (exact) mass is 172 g/mol. The predicted molar refractivity (Wildman–Crippen MR) is 50.1 cm³/mol. The predicted octanol–water partition coefficient (Wildman–Crippen LogP) is 0.491. The minimum Gasteiger partial charge on any atom is -0.377 e. The molecule has 3 N–H and O–H groups in total. The molecule has 0 amide bonds. The molecule has 0 bridgehead atoms. The first-order valence-electron chi connectivity index (χ1n) is 4.79. The van der Waals surface area contributed by atoms with Gasteiger partial charge in [0.05, 0.1) is 12.7 Å². The van der Waals surface area contributed by atoms with Gasteiger partial charge in [0.1, 0.15) is 0 Å². The fourth-order valence-electron chi connectivity index (χ4n) is 1.39. The molecular formula is C9H20N2O. The Balaban J connectivity index is 1.83. The molecule has 0 aromatic heterocycles. The molecule has 0 atom stereocenters. The van der Waals surface area contributed by atoms with Crippen molar-refractivity contribution in [2.45, 2.75) is 44.9 Å². The fourth-order valence-corrected chi connectivity index (χ4v) is 1.39. The molecule has 0 spiro atoms. The van der Waals surface area contributed by atoms with Crippen molar-refractivity contribution < 1.29 is 4.74 Å². The molecular weight excluding hydrogens is 152 g/mol. The summed E-state index contributed by atoms with van der Waals surface area (Å²) in [5.41, 5.74) is 5.65. The highest BCUT2D eigenvalue weighted by Crippen LogP contribution is 2.16. The average molecular weight is 172 g/mol. The van der Waals surface area contributed by atoms with Crippen LogP contribution in [-0.2, 0) is 4.74 Å². The smallest absolute Gasteiger partial charge is 0.0594 e. The zero-order valence-corrected chi connectivity index (χ0v) is 8.05.